The fourth-order valence-electron chi connectivity index (χ4n) is 5.25. The van der Waals surface area contributed by atoms with E-state index in [9.17, 15) is 31.2 Å². The van der Waals surface area contributed by atoms with Crippen LogP contribution >= 0.6 is 0 Å². The molecule has 3 aromatic carbocycles. The summed E-state index contributed by atoms with van der Waals surface area (Å²) in [6.45, 7) is 2.15. The normalized spacial score (nSPS) is 18.4. The number of alkyl halides is 3. The number of rotatable bonds is 9. The molecule has 1 amide bonds. The Balaban J connectivity index is 1.32. The third-order valence-electron chi connectivity index (χ3n) is 8.06. The molecule has 2 fully saturated rings. The minimum absolute atomic E-state index is 0.0292. The molecule has 0 spiro atoms. The van der Waals surface area contributed by atoms with Crippen LogP contribution < -0.4 is 10.4 Å². The van der Waals surface area contributed by atoms with Gasteiger partial charge in [0.2, 0.25) is 5.91 Å². The average molecular weight is 611 g/mol. The van der Waals surface area contributed by atoms with Gasteiger partial charge in [-0.2, -0.15) is 17.9 Å². The highest BCUT2D eigenvalue weighted by molar-refractivity contribution is 7.90. The SMILES string of the molecule is CC1CC1Cc1nn(-c2ccccc2C(F)(F)F)c(=O)n1Cc1ccc(-c2ccccc2S(=O)(=O)NC(=O)C2CC2)cc1. The maximum Gasteiger partial charge on any atom is 0.418 e. The van der Waals surface area contributed by atoms with E-state index in [4.69, 9.17) is 0 Å². The van der Waals surface area contributed by atoms with Crippen molar-refractivity contribution >= 4 is 15.9 Å². The summed E-state index contributed by atoms with van der Waals surface area (Å²) in [5.41, 5.74) is -0.279. The smallest absolute Gasteiger partial charge is 0.274 e. The highest BCUT2D eigenvalue weighted by Gasteiger charge is 2.37. The van der Waals surface area contributed by atoms with Gasteiger partial charge in [0.15, 0.2) is 0 Å². The van der Waals surface area contributed by atoms with Gasteiger partial charge < -0.3 is 0 Å². The number of aromatic nitrogens is 3. The molecule has 12 heteroatoms. The Morgan fingerprint density at radius 1 is 1.00 bits per heavy atom. The number of hydrogen-bond donors (Lipinski definition) is 1. The Hall–Kier alpha value is -4.19. The van der Waals surface area contributed by atoms with Crippen molar-refractivity contribution in [1.82, 2.24) is 19.1 Å². The van der Waals surface area contributed by atoms with Crippen LogP contribution in [0.25, 0.3) is 16.8 Å². The molecule has 2 atom stereocenters. The van der Waals surface area contributed by atoms with Crippen LogP contribution in [0.2, 0.25) is 0 Å². The van der Waals surface area contributed by atoms with Crippen molar-refractivity contribution in [3.8, 4) is 16.8 Å². The first-order valence-corrected chi connectivity index (χ1v) is 15.5. The third-order valence-corrected chi connectivity index (χ3v) is 9.47. The van der Waals surface area contributed by atoms with E-state index in [1.807, 2.05) is 0 Å². The molecule has 2 unspecified atom stereocenters. The van der Waals surface area contributed by atoms with Gasteiger partial charge in [0.1, 0.15) is 5.82 Å². The summed E-state index contributed by atoms with van der Waals surface area (Å²) in [5, 5.41) is 4.37. The summed E-state index contributed by atoms with van der Waals surface area (Å²) in [6.07, 6.45) is -1.90. The molecule has 2 saturated carbocycles. The molecule has 0 bridgehead atoms. The van der Waals surface area contributed by atoms with Gasteiger partial charge in [-0.05, 0) is 60.4 Å². The topological polar surface area (TPSA) is 103 Å². The van der Waals surface area contributed by atoms with Gasteiger partial charge >= 0.3 is 11.9 Å². The monoisotopic (exact) mass is 610 g/mol. The summed E-state index contributed by atoms with van der Waals surface area (Å²) >= 11 is 0. The molecular formula is C31H29F3N4O4S. The lowest BCUT2D eigenvalue weighted by Crippen LogP contribution is -2.32. The molecule has 0 radical (unpaired) electrons. The Labute approximate surface area is 246 Å². The second-order valence-electron chi connectivity index (χ2n) is 11.3. The Bertz CT molecular complexity index is 1860. The standard InChI is InChI=1S/C31H29F3N4O4S/c1-19-16-23(19)17-28-35-38(26-8-4-3-7-25(26)31(32,33)34)30(40)37(28)18-20-10-12-21(13-11-20)24-6-2-5-9-27(24)43(41,42)36-29(39)22-14-15-22/h2-13,19,22-23H,14-18H2,1H3,(H,36,39). The molecule has 1 N–H and O–H groups in total. The molecule has 0 aliphatic heterocycles. The number of sulfonamides is 1. The maximum atomic E-state index is 13.8. The van der Waals surface area contributed by atoms with Crippen LogP contribution in [-0.2, 0) is 34.0 Å². The number of carbonyl (C=O) groups excluding carboxylic acids is 1. The second kappa shape index (κ2) is 10.8. The molecule has 8 nitrogen and oxygen atoms in total. The number of nitrogens with one attached hydrogen (secondary N) is 1. The summed E-state index contributed by atoms with van der Waals surface area (Å²) < 4.78 is 71.7. The number of halogens is 3. The number of nitrogens with zero attached hydrogens (tertiary/aromatic N) is 3. The predicted octanol–water partition coefficient (Wildman–Crippen LogP) is 5.18. The molecule has 4 aromatic rings. The molecule has 6 rings (SSSR count). The third kappa shape index (κ3) is 6.01. The minimum atomic E-state index is -4.66. The van der Waals surface area contributed by atoms with Crippen LogP contribution in [-0.4, -0.2) is 28.7 Å². The molecule has 43 heavy (non-hydrogen) atoms. The number of hydrogen-bond acceptors (Lipinski definition) is 5. The molecular weight excluding hydrogens is 581 g/mol. The first-order chi connectivity index (χ1) is 20.4. The summed E-state index contributed by atoms with van der Waals surface area (Å²) in [7, 11) is -4.10. The molecule has 224 valence electrons. The van der Waals surface area contributed by atoms with E-state index in [0.717, 1.165) is 17.2 Å². The highest BCUT2D eigenvalue weighted by atomic mass is 32.2. The maximum absolute atomic E-state index is 13.8. The largest absolute Gasteiger partial charge is 0.418 e. The Morgan fingerprint density at radius 2 is 1.65 bits per heavy atom. The zero-order chi connectivity index (χ0) is 30.5. The van der Waals surface area contributed by atoms with Gasteiger partial charge in [0.05, 0.1) is 22.7 Å². The van der Waals surface area contributed by atoms with Crippen molar-refractivity contribution in [3.05, 3.63) is 100 Å². The lowest BCUT2D eigenvalue weighted by molar-refractivity contribution is -0.137. The predicted molar refractivity (Wildman–Crippen MR) is 153 cm³/mol. The lowest BCUT2D eigenvalue weighted by Gasteiger charge is -2.12. The first-order valence-electron chi connectivity index (χ1n) is 14.0. The van der Waals surface area contributed by atoms with Crippen molar-refractivity contribution in [2.75, 3.05) is 0 Å². The highest BCUT2D eigenvalue weighted by Crippen LogP contribution is 2.40. The van der Waals surface area contributed by atoms with Crippen LogP contribution in [0.3, 0.4) is 0 Å². The van der Waals surface area contributed by atoms with Crippen LogP contribution in [0.15, 0.2) is 82.5 Å². The fraction of sp³-hybridized carbons (Fsp3) is 0.323. The van der Waals surface area contributed by atoms with E-state index in [-0.39, 0.29) is 23.0 Å². The zero-order valence-corrected chi connectivity index (χ0v) is 24.0. The quantitative estimate of drug-likeness (QED) is 0.281. The number of benzene rings is 3. The average Bonchev–Trinajstić information content (AvgIpc) is 3.90. The second-order valence-corrected chi connectivity index (χ2v) is 13.0. The van der Waals surface area contributed by atoms with Crippen molar-refractivity contribution in [3.63, 3.8) is 0 Å². The van der Waals surface area contributed by atoms with Crippen LogP contribution in [0.1, 0.15) is 43.1 Å². The van der Waals surface area contributed by atoms with Crippen molar-refractivity contribution in [1.29, 1.82) is 0 Å². The van der Waals surface area contributed by atoms with Crippen molar-refractivity contribution in [2.24, 2.45) is 17.8 Å². The number of amides is 1. The van der Waals surface area contributed by atoms with E-state index in [1.54, 1.807) is 42.5 Å². The van der Waals surface area contributed by atoms with Crippen LogP contribution in [0.5, 0.6) is 0 Å². The van der Waals surface area contributed by atoms with E-state index >= 15 is 0 Å². The summed E-state index contributed by atoms with van der Waals surface area (Å²) in [6, 6.07) is 18.1. The van der Waals surface area contributed by atoms with Gasteiger partial charge in [0.25, 0.3) is 10.0 Å². The van der Waals surface area contributed by atoms with Gasteiger partial charge in [-0.15, -0.1) is 5.10 Å². The van der Waals surface area contributed by atoms with Gasteiger partial charge in [-0.1, -0.05) is 61.5 Å². The molecule has 2 aliphatic rings. The van der Waals surface area contributed by atoms with Gasteiger partial charge in [0, 0.05) is 17.9 Å². The fourth-order valence-corrected chi connectivity index (χ4v) is 6.52. The van der Waals surface area contributed by atoms with Gasteiger partial charge in [-0.3, -0.25) is 9.36 Å². The van der Waals surface area contributed by atoms with Crippen molar-refractivity contribution < 1.29 is 26.4 Å². The molecule has 2 aliphatic carbocycles. The van der Waals surface area contributed by atoms with Crippen LogP contribution in [0.4, 0.5) is 13.2 Å². The van der Waals surface area contributed by atoms with E-state index in [2.05, 4.69) is 16.7 Å². The van der Waals surface area contributed by atoms with E-state index in [0.29, 0.717) is 53.6 Å². The Kier molecular flexibility index (Phi) is 7.27. The van der Waals surface area contributed by atoms with Crippen molar-refractivity contribution in [2.45, 2.75) is 50.2 Å². The van der Waals surface area contributed by atoms with E-state index in [1.165, 1.54) is 28.8 Å². The number of para-hydroxylation sites is 1. The van der Waals surface area contributed by atoms with E-state index < -0.39 is 33.4 Å². The number of carbonyl (C=O) groups is 1. The first kappa shape index (κ1) is 28.9. The molecule has 1 heterocycles. The molecule has 1 aromatic heterocycles. The van der Waals surface area contributed by atoms with Gasteiger partial charge in [-0.25, -0.2) is 17.9 Å². The zero-order valence-electron chi connectivity index (χ0n) is 23.2. The van der Waals surface area contributed by atoms with Crippen LogP contribution in [0, 0.1) is 17.8 Å². The molecule has 0 saturated heterocycles. The lowest BCUT2D eigenvalue weighted by atomic mass is 10.0. The summed E-state index contributed by atoms with van der Waals surface area (Å²) in [4.78, 5) is 25.7. The summed E-state index contributed by atoms with van der Waals surface area (Å²) in [5.74, 6) is 0.367. The Morgan fingerprint density at radius 3 is 2.30 bits per heavy atom. The minimum Gasteiger partial charge on any atom is -0.274 e.